The summed E-state index contributed by atoms with van der Waals surface area (Å²) in [7, 11) is 1.96. The number of rotatable bonds is 4. The summed E-state index contributed by atoms with van der Waals surface area (Å²) in [6.45, 7) is 4.38. The number of hydrogen-bond acceptors (Lipinski definition) is 4. The van der Waals surface area contributed by atoms with Gasteiger partial charge in [0.05, 0.1) is 24.4 Å². The number of aromatic nitrogens is 2. The Labute approximate surface area is 194 Å². The Morgan fingerprint density at radius 2 is 1.94 bits per heavy atom. The first kappa shape index (κ1) is 20.4. The molecule has 1 atom stereocenters. The van der Waals surface area contributed by atoms with Crippen LogP contribution in [0.5, 0.6) is 0 Å². The van der Waals surface area contributed by atoms with Gasteiger partial charge in [-0.05, 0) is 53.8 Å². The third-order valence-electron chi connectivity index (χ3n) is 7.32. The average Bonchev–Trinajstić information content (AvgIpc) is 3.43. The van der Waals surface area contributed by atoms with Crippen LogP contribution in [0, 0.1) is 0 Å². The van der Waals surface area contributed by atoms with Gasteiger partial charge in [-0.25, -0.2) is 0 Å². The molecular weight excluding hydrogens is 410 g/mol. The van der Waals surface area contributed by atoms with E-state index in [4.69, 9.17) is 4.99 Å². The molecule has 0 aliphatic carbocycles. The molecule has 0 saturated carbocycles. The van der Waals surface area contributed by atoms with Crippen molar-refractivity contribution < 1.29 is 4.79 Å². The number of nitrogens with zero attached hydrogens (tertiary/aromatic N) is 5. The number of amides is 1. The molecule has 1 aromatic heterocycles. The Kier molecular flexibility index (Phi) is 5.10. The van der Waals surface area contributed by atoms with E-state index in [9.17, 15) is 4.79 Å². The zero-order valence-electron chi connectivity index (χ0n) is 19.1. The number of aryl methyl sites for hydroxylation is 1. The molecule has 3 aliphatic heterocycles. The molecule has 1 amide bonds. The summed E-state index contributed by atoms with van der Waals surface area (Å²) in [6, 6.07) is 17.4. The van der Waals surface area contributed by atoms with Crippen LogP contribution in [0.25, 0.3) is 0 Å². The summed E-state index contributed by atoms with van der Waals surface area (Å²) < 4.78 is 1.88. The predicted molar refractivity (Wildman–Crippen MR) is 128 cm³/mol. The van der Waals surface area contributed by atoms with E-state index in [1.807, 2.05) is 24.0 Å². The molecule has 3 aliphatic rings. The maximum Gasteiger partial charge on any atom is 0.227 e. The van der Waals surface area contributed by atoms with Crippen molar-refractivity contribution >= 4 is 11.6 Å². The molecule has 1 fully saturated rings. The SMILES string of the molecule is Cn1nccc1C1=NCc2cc3c(cc21)CN([C@@H]1CCCN(Cc2ccccc2)C1)C(=O)C3. The number of benzene rings is 2. The number of piperidine rings is 1. The Bertz CT molecular complexity index is 1230. The lowest BCUT2D eigenvalue weighted by molar-refractivity contribution is -0.135. The van der Waals surface area contributed by atoms with E-state index in [0.717, 1.165) is 43.9 Å². The Balaban J connectivity index is 1.23. The lowest BCUT2D eigenvalue weighted by Gasteiger charge is -2.41. The smallest absolute Gasteiger partial charge is 0.227 e. The van der Waals surface area contributed by atoms with Crippen LogP contribution in [0.1, 0.15) is 46.4 Å². The van der Waals surface area contributed by atoms with Crippen molar-refractivity contribution in [1.82, 2.24) is 19.6 Å². The second-order valence-corrected chi connectivity index (χ2v) is 9.50. The summed E-state index contributed by atoms with van der Waals surface area (Å²) >= 11 is 0. The fourth-order valence-corrected chi connectivity index (χ4v) is 5.62. The number of carbonyl (C=O) groups excluding carboxylic acids is 1. The summed E-state index contributed by atoms with van der Waals surface area (Å²) in [5.74, 6) is 0.264. The Morgan fingerprint density at radius 3 is 2.76 bits per heavy atom. The maximum absolute atomic E-state index is 13.2. The van der Waals surface area contributed by atoms with Crippen LogP contribution < -0.4 is 0 Å². The van der Waals surface area contributed by atoms with Crippen LogP contribution in [-0.4, -0.2) is 50.3 Å². The Morgan fingerprint density at radius 1 is 1.06 bits per heavy atom. The van der Waals surface area contributed by atoms with Crippen molar-refractivity contribution in [3.63, 3.8) is 0 Å². The largest absolute Gasteiger partial charge is 0.334 e. The zero-order chi connectivity index (χ0) is 22.4. The second kappa shape index (κ2) is 8.27. The van der Waals surface area contributed by atoms with Crippen molar-refractivity contribution in [3.8, 4) is 0 Å². The van der Waals surface area contributed by atoms with Crippen molar-refractivity contribution in [1.29, 1.82) is 0 Å². The molecule has 0 bridgehead atoms. The minimum atomic E-state index is 0.264. The highest BCUT2D eigenvalue weighted by Gasteiger charge is 2.33. The topological polar surface area (TPSA) is 53.7 Å². The number of likely N-dealkylation sites (tertiary alicyclic amines) is 1. The standard InChI is InChI=1S/C27H29N5O/c1-30-25(9-10-29-30)27-24-13-22-17-32(26(33)14-20(22)12-21(24)15-28-27)23-8-5-11-31(18-23)16-19-6-3-2-4-7-19/h2-4,6-7,9-10,12-13,23H,5,8,11,14-18H2,1H3/t23-/m1/s1. The van der Waals surface area contributed by atoms with Crippen LogP contribution in [0.3, 0.4) is 0 Å². The highest BCUT2D eigenvalue weighted by Crippen LogP contribution is 2.31. The molecule has 0 spiro atoms. The second-order valence-electron chi connectivity index (χ2n) is 9.50. The fraction of sp³-hybridized carbons (Fsp3) is 0.370. The van der Waals surface area contributed by atoms with E-state index < -0.39 is 0 Å². The van der Waals surface area contributed by atoms with Crippen LogP contribution >= 0.6 is 0 Å². The van der Waals surface area contributed by atoms with E-state index in [1.54, 1.807) is 0 Å². The molecule has 33 heavy (non-hydrogen) atoms. The lowest BCUT2D eigenvalue weighted by Crippen LogP contribution is -2.51. The van der Waals surface area contributed by atoms with Gasteiger partial charge in [-0.15, -0.1) is 0 Å². The van der Waals surface area contributed by atoms with E-state index in [0.29, 0.717) is 19.5 Å². The molecule has 168 valence electrons. The first-order chi connectivity index (χ1) is 16.2. The molecule has 6 nitrogen and oxygen atoms in total. The van der Waals surface area contributed by atoms with Gasteiger partial charge in [-0.3, -0.25) is 19.4 Å². The van der Waals surface area contributed by atoms with Gasteiger partial charge in [0.25, 0.3) is 0 Å². The van der Waals surface area contributed by atoms with Gasteiger partial charge in [0, 0.05) is 44.5 Å². The molecule has 4 heterocycles. The highest BCUT2D eigenvalue weighted by atomic mass is 16.2. The van der Waals surface area contributed by atoms with Gasteiger partial charge in [0.15, 0.2) is 0 Å². The summed E-state index contributed by atoms with van der Waals surface area (Å²) in [5, 5.41) is 4.32. The van der Waals surface area contributed by atoms with Crippen molar-refractivity contribution in [2.45, 2.75) is 44.9 Å². The predicted octanol–water partition coefficient (Wildman–Crippen LogP) is 3.32. The van der Waals surface area contributed by atoms with Crippen LogP contribution in [-0.2, 0) is 37.9 Å². The normalized spacial score (nSPS) is 20.5. The first-order valence-electron chi connectivity index (χ1n) is 11.9. The molecule has 0 radical (unpaired) electrons. The van der Waals surface area contributed by atoms with Crippen LogP contribution in [0.15, 0.2) is 59.7 Å². The van der Waals surface area contributed by atoms with Gasteiger partial charge in [-0.1, -0.05) is 36.4 Å². The quantitative estimate of drug-likeness (QED) is 0.627. The zero-order valence-corrected chi connectivity index (χ0v) is 19.1. The van der Waals surface area contributed by atoms with E-state index in [-0.39, 0.29) is 11.9 Å². The van der Waals surface area contributed by atoms with Gasteiger partial charge < -0.3 is 4.90 Å². The molecule has 3 aromatic rings. The molecular formula is C27H29N5O. The summed E-state index contributed by atoms with van der Waals surface area (Å²) in [5.41, 5.74) is 8.26. The van der Waals surface area contributed by atoms with E-state index in [1.165, 1.54) is 27.8 Å². The van der Waals surface area contributed by atoms with Crippen molar-refractivity contribution in [2.24, 2.45) is 12.0 Å². The van der Waals surface area contributed by atoms with Gasteiger partial charge in [0.2, 0.25) is 5.91 Å². The summed E-state index contributed by atoms with van der Waals surface area (Å²) in [6.07, 6.45) is 4.53. The van der Waals surface area contributed by atoms with Crippen molar-refractivity contribution in [3.05, 3.63) is 88.2 Å². The van der Waals surface area contributed by atoms with Crippen LogP contribution in [0.2, 0.25) is 0 Å². The molecule has 6 rings (SSSR count). The number of fused-ring (bicyclic) bond motifs is 2. The van der Waals surface area contributed by atoms with Crippen LogP contribution in [0.4, 0.5) is 0 Å². The van der Waals surface area contributed by atoms with E-state index in [2.05, 4.69) is 57.4 Å². The lowest BCUT2D eigenvalue weighted by atomic mass is 9.90. The Hall–Kier alpha value is -3.25. The average molecular weight is 440 g/mol. The molecule has 0 N–H and O–H groups in total. The minimum Gasteiger partial charge on any atom is -0.334 e. The molecule has 1 saturated heterocycles. The molecule has 6 heteroatoms. The third kappa shape index (κ3) is 3.78. The highest BCUT2D eigenvalue weighted by molar-refractivity contribution is 6.14. The number of carbonyl (C=O) groups is 1. The van der Waals surface area contributed by atoms with Crippen molar-refractivity contribution in [2.75, 3.05) is 13.1 Å². The van der Waals surface area contributed by atoms with Gasteiger partial charge >= 0.3 is 0 Å². The third-order valence-corrected chi connectivity index (χ3v) is 7.32. The fourth-order valence-electron chi connectivity index (χ4n) is 5.62. The number of hydrogen-bond donors (Lipinski definition) is 0. The minimum absolute atomic E-state index is 0.264. The molecule has 0 unspecified atom stereocenters. The van der Waals surface area contributed by atoms with Gasteiger partial charge in [0.1, 0.15) is 0 Å². The van der Waals surface area contributed by atoms with E-state index >= 15 is 0 Å². The monoisotopic (exact) mass is 439 g/mol. The van der Waals surface area contributed by atoms with Gasteiger partial charge in [-0.2, -0.15) is 5.10 Å². The molecule has 2 aromatic carbocycles. The summed E-state index contributed by atoms with van der Waals surface area (Å²) in [4.78, 5) is 22.6. The first-order valence-corrected chi connectivity index (χ1v) is 11.9. The maximum atomic E-state index is 13.2. The number of aliphatic imine (C=N–C) groups is 1.